The lowest BCUT2D eigenvalue weighted by Crippen LogP contribution is -2.44. The van der Waals surface area contributed by atoms with Gasteiger partial charge in [0, 0.05) is 38.8 Å². The first kappa shape index (κ1) is 24.8. The first-order valence-corrected chi connectivity index (χ1v) is 10.3. The van der Waals surface area contributed by atoms with Crippen molar-refractivity contribution < 1.29 is 23.1 Å². The molecule has 9 nitrogen and oxygen atoms in total. The van der Waals surface area contributed by atoms with E-state index in [1.165, 1.54) is 4.68 Å². The number of nitrogens with zero attached hydrogens (tertiary/aromatic N) is 5. The van der Waals surface area contributed by atoms with Crippen LogP contribution in [0.25, 0.3) is 22.3 Å². The van der Waals surface area contributed by atoms with E-state index in [0.29, 0.717) is 23.3 Å². The molecule has 180 valence electrons. The fourth-order valence-electron chi connectivity index (χ4n) is 3.42. The van der Waals surface area contributed by atoms with Gasteiger partial charge >= 0.3 is 12.1 Å². The summed E-state index contributed by atoms with van der Waals surface area (Å²) in [6, 6.07) is 9.86. The number of carboxylic acids is 1. The first-order valence-electron chi connectivity index (χ1n) is 10.3. The number of carbonyl (C=O) groups is 1. The number of rotatable bonds is 3. The van der Waals surface area contributed by atoms with Gasteiger partial charge in [-0.15, -0.1) is 5.92 Å². The van der Waals surface area contributed by atoms with Gasteiger partial charge in [-0.25, -0.2) is 14.5 Å². The molecule has 1 saturated heterocycles. The summed E-state index contributed by atoms with van der Waals surface area (Å²) in [6.45, 7) is 5.71. The van der Waals surface area contributed by atoms with E-state index in [1.807, 2.05) is 34.9 Å². The highest BCUT2D eigenvalue weighted by Crippen LogP contribution is 2.28. The first-order chi connectivity index (χ1) is 16.1. The zero-order valence-corrected chi connectivity index (χ0v) is 18.6. The maximum absolute atomic E-state index is 13.0. The molecule has 0 atom stereocenters. The van der Waals surface area contributed by atoms with Gasteiger partial charge in [-0.2, -0.15) is 18.3 Å². The molecule has 0 radical (unpaired) electrons. The summed E-state index contributed by atoms with van der Waals surface area (Å²) in [5, 5.41) is 15.0. The number of aryl methyl sites for hydroxylation is 1. The van der Waals surface area contributed by atoms with Crippen LogP contribution in [0, 0.1) is 11.8 Å². The van der Waals surface area contributed by atoms with Crippen molar-refractivity contribution in [2.75, 3.05) is 31.1 Å². The number of hydrogen-bond donors (Lipinski definition) is 2. The topological polar surface area (TPSA) is 105 Å². The molecule has 1 aliphatic rings. The van der Waals surface area contributed by atoms with Crippen molar-refractivity contribution in [1.29, 1.82) is 0 Å². The van der Waals surface area contributed by atoms with Crippen LogP contribution in [0.1, 0.15) is 6.92 Å². The molecule has 34 heavy (non-hydrogen) atoms. The average Bonchev–Trinajstić information content (AvgIpc) is 3.20. The van der Waals surface area contributed by atoms with Crippen LogP contribution in [0.15, 0.2) is 35.1 Å². The lowest BCUT2D eigenvalue weighted by molar-refractivity contribution is -0.192. The minimum Gasteiger partial charge on any atom is -0.475 e. The Morgan fingerprint density at radius 2 is 1.82 bits per heavy atom. The van der Waals surface area contributed by atoms with Gasteiger partial charge in [0.2, 0.25) is 5.95 Å². The summed E-state index contributed by atoms with van der Waals surface area (Å²) in [6.07, 6.45) is -5.08. The number of aromatic nitrogens is 4. The SMILES string of the molecule is CC#CCn1c(N2CCNCC2)nc2c(-c3ccccc3)nn(C)c(=O)c21.O=C(O)C(F)(F)F. The highest BCUT2D eigenvalue weighted by Gasteiger charge is 2.38. The van der Waals surface area contributed by atoms with E-state index in [2.05, 4.69) is 27.2 Å². The van der Waals surface area contributed by atoms with Crippen LogP contribution in [-0.2, 0) is 18.4 Å². The van der Waals surface area contributed by atoms with Crippen LogP contribution >= 0.6 is 0 Å². The second-order valence-corrected chi connectivity index (χ2v) is 7.31. The van der Waals surface area contributed by atoms with Gasteiger partial charge in [0.05, 0.1) is 6.54 Å². The van der Waals surface area contributed by atoms with Crippen LogP contribution < -0.4 is 15.8 Å². The van der Waals surface area contributed by atoms with Crippen molar-refractivity contribution >= 4 is 23.0 Å². The zero-order valence-electron chi connectivity index (χ0n) is 18.6. The van der Waals surface area contributed by atoms with E-state index in [-0.39, 0.29) is 5.56 Å². The Morgan fingerprint density at radius 1 is 1.21 bits per heavy atom. The normalized spacial score (nSPS) is 13.6. The van der Waals surface area contributed by atoms with Crippen LogP contribution in [0.4, 0.5) is 19.1 Å². The summed E-state index contributed by atoms with van der Waals surface area (Å²) in [7, 11) is 1.68. The second-order valence-electron chi connectivity index (χ2n) is 7.31. The van der Waals surface area contributed by atoms with Crippen molar-refractivity contribution in [2.45, 2.75) is 19.6 Å². The van der Waals surface area contributed by atoms with Gasteiger partial charge in [-0.1, -0.05) is 36.3 Å². The fourth-order valence-corrected chi connectivity index (χ4v) is 3.42. The third-order valence-corrected chi connectivity index (χ3v) is 5.02. The summed E-state index contributed by atoms with van der Waals surface area (Å²) in [5.74, 6) is 4.05. The van der Waals surface area contributed by atoms with E-state index in [0.717, 1.165) is 37.7 Å². The van der Waals surface area contributed by atoms with Crippen LogP contribution in [0.3, 0.4) is 0 Å². The fraction of sp³-hybridized carbons (Fsp3) is 0.364. The number of halogens is 3. The molecule has 2 aromatic heterocycles. The number of piperazine rings is 1. The minimum atomic E-state index is -5.08. The maximum atomic E-state index is 13.0. The largest absolute Gasteiger partial charge is 0.490 e. The molecule has 0 unspecified atom stereocenters. The van der Waals surface area contributed by atoms with Crippen molar-refractivity contribution in [2.24, 2.45) is 7.05 Å². The standard InChI is InChI=1S/C20H22N6O.C2HF3O2/c1-3-4-12-26-18-17(22-20(26)25-13-10-21-11-14-25)16(23-24(2)19(18)27)15-8-6-5-7-9-15;3-2(4,5)1(6)7/h5-9,21H,10-14H2,1-2H3;(H,6,7). The molecule has 0 saturated carbocycles. The number of alkyl halides is 3. The Bertz CT molecular complexity index is 1280. The molecule has 1 fully saturated rings. The predicted octanol–water partition coefficient (Wildman–Crippen LogP) is 1.86. The molecular weight excluding hydrogens is 453 g/mol. The van der Waals surface area contributed by atoms with Gasteiger partial charge in [0.25, 0.3) is 5.56 Å². The highest BCUT2D eigenvalue weighted by atomic mass is 19.4. The smallest absolute Gasteiger partial charge is 0.475 e. The quantitative estimate of drug-likeness (QED) is 0.556. The summed E-state index contributed by atoms with van der Waals surface area (Å²) in [4.78, 5) is 28.9. The molecule has 3 aromatic rings. The van der Waals surface area contributed by atoms with Gasteiger partial charge in [-0.05, 0) is 6.92 Å². The van der Waals surface area contributed by atoms with E-state index < -0.39 is 12.1 Å². The summed E-state index contributed by atoms with van der Waals surface area (Å²) < 4.78 is 35.1. The predicted molar refractivity (Wildman–Crippen MR) is 120 cm³/mol. The Hall–Kier alpha value is -3.85. The second kappa shape index (κ2) is 10.4. The molecule has 2 N–H and O–H groups in total. The van der Waals surface area contributed by atoms with Crippen molar-refractivity contribution in [3.63, 3.8) is 0 Å². The van der Waals surface area contributed by atoms with Crippen LogP contribution in [0.2, 0.25) is 0 Å². The lowest BCUT2D eigenvalue weighted by atomic mass is 10.1. The average molecular weight is 476 g/mol. The molecule has 0 spiro atoms. The van der Waals surface area contributed by atoms with Gasteiger partial charge in [0.1, 0.15) is 16.7 Å². The number of anilines is 1. The van der Waals surface area contributed by atoms with Crippen molar-refractivity contribution in [3.05, 3.63) is 40.7 Å². The molecule has 0 bridgehead atoms. The third-order valence-electron chi connectivity index (χ3n) is 5.02. The number of fused-ring (bicyclic) bond motifs is 1. The summed E-state index contributed by atoms with van der Waals surface area (Å²) >= 11 is 0. The molecule has 4 rings (SSSR count). The molecule has 1 aliphatic heterocycles. The van der Waals surface area contributed by atoms with Gasteiger partial charge < -0.3 is 15.3 Å². The number of carboxylic acid groups (broad SMARTS) is 1. The molecule has 3 heterocycles. The third kappa shape index (κ3) is 5.37. The van der Waals surface area contributed by atoms with Crippen molar-refractivity contribution in [1.82, 2.24) is 24.6 Å². The minimum absolute atomic E-state index is 0.156. The number of imidazole rings is 1. The Balaban J connectivity index is 0.000000406. The number of hydrogen-bond acceptors (Lipinski definition) is 6. The van der Waals surface area contributed by atoms with Gasteiger partial charge in [0.15, 0.2) is 0 Å². The molecule has 12 heteroatoms. The molecule has 0 aliphatic carbocycles. The monoisotopic (exact) mass is 476 g/mol. The van der Waals surface area contributed by atoms with Crippen LogP contribution in [-0.4, -0.2) is 62.8 Å². The number of benzene rings is 1. The van der Waals surface area contributed by atoms with E-state index in [4.69, 9.17) is 14.9 Å². The van der Waals surface area contributed by atoms with Crippen LogP contribution in [0.5, 0.6) is 0 Å². The number of nitrogens with one attached hydrogen (secondary N) is 1. The molecule has 0 amide bonds. The zero-order chi connectivity index (χ0) is 24.9. The highest BCUT2D eigenvalue weighted by molar-refractivity contribution is 5.90. The van der Waals surface area contributed by atoms with E-state index in [9.17, 15) is 18.0 Å². The molecule has 1 aromatic carbocycles. The lowest BCUT2D eigenvalue weighted by Gasteiger charge is -2.28. The Kier molecular flexibility index (Phi) is 7.57. The Morgan fingerprint density at radius 3 is 2.38 bits per heavy atom. The van der Waals surface area contributed by atoms with Gasteiger partial charge in [-0.3, -0.25) is 9.36 Å². The van der Waals surface area contributed by atoms with E-state index in [1.54, 1.807) is 14.0 Å². The van der Waals surface area contributed by atoms with Crippen molar-refractivity contribution in [3.8, 4) is 23.1 Å². The maximum Gasteiger partial charge on any atom is 0.490 e. The molecular formula is C22H23F3N6O3. The van der Waals surface area contributed by atoms with E-state index >= 15 is 0 Å². The Labute approximate surface area is 192 Å². The number of aliphatic carboxylic acids is 1. The summed E-state index contributed by atoms with van der Waals surface area (Å²) in [5.41, 5.74) is 2.69.